The van der Waals surface area contributed by atoms with Gasteiger partial charge in [0.25, 0.3) is 0 Å². The second-order valence-electron chi connectivity index (χ2n) is 6.40. The van der Waals surface area contributed by atoms with Gasteiger partial charge in [0.15, 0.2) is 17.3 Å². The van der Waals surface area contributed by atoms with Crippen LogP contribution in [0.5, 0.6) is 17.2 Å². The molecule has 2 aromatic carbocycles. The molecule has 0 bridgehead atoms. The number of hydrogen-bond donors (Lipinski definition) is 1. The third kappa shape index (κ3) is 5.64. The Morgan fingerprint density at radius 2 is 1.63 bits per heavy atom. The van der Waals surface area contributed by atoms with Crippen molar-refractivity contribution in [1.82, 2.24) is 9.97 Å². The minimum absolute atomic E-state index is 0.556. The highest BCUT2D eigenvalue weighted by Gasteiger charge is 2.12. The third-order valence-corrected chi connectivity index (χ3v) is 4.67. The number of nitrogens with zero attached hydrogens (tertiary/aromatic N) is 2. The first-order valence-corrected chi connectivity index (χ1v) is 9.80. The monoisotopic (exact) mass is 425 g/mol. The molecule has 0 aliphatic heterocycles. The Morgan fingerprint density at radius 3 is 2.27 bits per heavy atom. The van der Waals surface area contributed by atoms with E-state index in [1.807, 2.05) is 54.6 Å². The fraction of sp³-hybridized carbons (Fsp3) is 0.217. The minimum Gasteiger partial charge on any atom is -0.493 e. The number of nitrogens with one attached hydrogen (secondary N) is 1. The lowest BCUT2D eigenvalue weighted by molar-refractivity contribution is 0.324. The van der Waals surface area contributed by atoms with Crippen molar-refractivity contribution in [3.05, 3.63) is 70.6 Å². The van der Waals surface area contributed by atoms with E-state index < -0.39 is 0 Å². The molecule has 1 aromatic heterocycles. The van der Waals surface area contributed by atoms with E-state index in [0.29, 0.717) is 23.1 Å². The largest absolute Gasteiger partial charge is 0.493 e. The second-order valence-corrected chi connectivity index (χ2v) is 6.83. The third-order valence-electron chi connectivity index (χ3n) is 4.42. The Morgan fingerprint density at radius 1 is 0.933 bits per heavy atom. The van der Waals surface area contributed by atoms with Crippen LogP contribution in [0.25, 0.3) is 12.2 Å². The molecular formula is C23H24ClN3O3. The topological polar surface area (TPSA) is 65.5 Å². The van der Waals surface area contributed by atoms with Gasteiger partial charge in [-0.2, -0.15) is 0 Å². The highest BCUT2D eigenvalue weighted by molar-refractivity contribution is 6.30. The molecule has 0 aliphatic carbocycles. The summed E-state index contributed by atoms with van der Waals surface area (Å²) in [6.07, 6.45) is 6.34. The zero-order chi connectivity index (χ0) is 21.3. The number of anilines is 1. The molecular weight excluding hydrogens is 402 g/mol. The average molecular weight is 426 g/mol. The van der Waals surface area contributed by atoms with Crippen LogP contribution in [0.15, 0.2) is 48.7 Å². The van der Waals surface area contributed by atoms with Crippen molar-refractivity contribution in [2.75, 3.05) is 33.2 Å². The van der Waals surface area contributed by atoms with Gasteiger partial charge in [-0.05, 0) is 54.0 Å². The SMILES string of the molecule is COc1cc(/C=C/c2nccc(NCCc3ccc(Cl)cc3)n2)cc(OC)c1OC. The first-order chi connectivity index (χ1) is 14.6. The van der Waals surface area contributed by atoms with E-state index in [9.17, 15) is 0 Å². The summed E-state index contributed by atoms with van der Waals surface area (Å²) in [5.41, 5.74) is 2.10. The molecule has 0 radical (unpaired) electrons. The lowest BCUT2D eigenvalue weighted by Crippen LogP contribution is -2.07. The molecule has 0 spiro atoms. The second kappa shape index (κ2) is 10.5. The Bertz CT molecular complexity index is 982. The number of halogens is 1. The van der Waals surface area contributed by atoms with Crippen molar-refractivity contribution in [2.45, 2.75) is 6.42 Å². The van der Waals surface area contributed by atoms with Crippen LogP contribution in [-0.2, 0) is 6.42 Å². The van der Waals surface area contributed by atoms with Gasteiger partial charge in [0.05, 0.1) is 21.3 Å². The predicted octanol–water partition coefficient (Wildman–Crippen LogP) is 4.98. The van der Waals surface area contributed by atoms with Crippen LogP contribution in [0.4, 0.5) is 5.82 Å². The molecule has 30 heavy (non-hydrogen) atoms. The van der Waals surface area contributed by atoms with Crippen LogP contribution in [0.1, 0.15) is 17.0 Å². The molecule has 156 valence electrons. The molecule has 7 heteroatoms. The van der Waals surface area contributed by atoms with Crippen LogP contribution in [0.2, 0.25) is 5.02 Å². The Kier molecular flexibility index (Phi) is 7.51. The van der Waals surface area contributed by atoms with E-state index in [-0.39, 0.29) is 0 Å². The first kappa shape index (κ1) is 21.5. The maximum Gasteiger partial charge on any atom is 0.203 e. The van der Waals surface area contributed by atoms with Crippen molar-refractivity contribution < 1.29 is 14.2 Å². The molecule has 1 N–H and O–H groups in total. The molecule has 0 fully saturated rings. The predicted molar refractivity (Wildman–Crippen MR) is 121 cm³/mol. The van der Waals surface area contributed by atoms with Gasteiger partial charge in [0.2, 0.25) is 5.75 Å². The number of rotatable bonds is 9. The molecule has 6 nitrogen and oxygen atoms in total. The summed E-state index contributed by atoms with van der Waals surface area (Å²) >= 11 is 5.92. The van der Waals surface area contributed by atoms with E-state index in [1.165, 1.54) is 5.56 Å². The fourth-order valence-corrected chi connectivity index (χ4v) is 3.03. The summed E-state index contributed by atoms with van der Waals surface area (Å²) in [6.45, 7) is 0.759. The molecule has 0 amide bonds. The molecule has 3 rings (SSSR count). The van der Waals surface area contributed by atoms with Gasteiger partial charge in [-0.3, -0.25) is 0 Å². The number of hydrogen-bond acceptors (Lipinski definition) is 6. The zero-order valence-electron chi connectivity index (χ0n) is 17.2. The maximum absolute atomic E-state index is 5.92. The van der Waals surface area contributed by atoms with Crippen LogP contribution in [-0.4, -0.2) is 37.8 Å². The Labute approximate surface area is 181 Å². The highest BCUT2D eigenvalue weighted by atomic mass is 35.5. The maximum atomic E-state index is 5.92. The van der Waals surface area contributed by atoms with Crippen molar-refractivity contribution in [3.63, 3.8) is 0 Å². The van der Waals surface area contributed by atoms with E-state index >= 15 is 0 Å². The summed E-state index contributed by atoms with van der Waals surface area (Å²) in [5.74, 6) is 3.11. The van der Waals surface area contributed by atoms with Crippen molar-refractivity contribution in [1.29, 1.82) is 0 Å². The van der Waals surface area contributed by atoms with Gasteiger partial charge in [0.1, 0.15) is 5.82 Å². The van der Waals surface area contributed by atoms with Gasteiger partial charge >= 0.3 is 0 Å². The normalized spacial score (nSPS) is 10.8. The summed E-state index contributed by atoms with van der Waals surface area (Å²) in [5, 5.41) is 4.07. The average Bonchev–Trinajstić information content (AvgIpc) is 2.78. The smallest absolute Gasteiger partial charge is 0.203 e. The molecule has 0 aliphatic rings. The Hall–Kier alpha value is -3.25. The van der Waals surface area contributed by atoms with Crippen LogP contribution in [0, 0.1) is 0 Å². The van der Waals surface area contributed by atoms with E-state index in [2.05, 4.69) is 15.3 Å². The molecule has 0 saturated heterocycles. The molecule has 1 heterocycles. The van der Waals surface area contributed by atoms with E-state index in [1.54, 1.807) is 27.5 Å². The summed E-state index contributed by atoms with van der Waals surface area (Å²) < 4.78 is 16.1. The van der Waals surface area contributed by atoms with Gasteiger partial charge < -0.3 is 19.5 Å². The van der Waals surface area contributed by atoms with Gasteiger partial charge in [-0.25, -0.2) is 9.97 Å². The standard InChI is InChI=1S/C23H24ClN3O3/c1-28-19-14-17(15-20(29-2)23(19)30-3)6-9-21-26-13-11-22(27-21)25-12-10-16-4-7-18(24)8-5-16/h4-9,11,13-15H,10,12H2,1-3H3,(H,25,26,27)/b9-6+. The van der Waals surface area contributed by atoms with Gasteiger partial charge in [0, 0.05) is 17.8 Å². The van der Waals surface area contributed by atoms with Gasteiger partial charge in [-0.15, -0.1) is 0 Å². The van der Waals surface area contributed by atoms with Crippen molar-refractivity contribution >= 4 is 29.6 Å². The quantitative estimate of drug-likeness (QED) is 0.521. The molecule has 0 atom stereocenters. The van der Waals surface area contributed by atoms with E-state index in [4.69, 9.17) is 25.8 Å². The molecule has 0 saturated carbocycles. The molecule has 3 aromatic rings. The molecule has 0 unspecified atom stereocenters. The number of benzene rings is 2. The lowest BCUT2D eigenvalue weighted by atomic mass is 10.1. The zero-order valence-corrected chi connectivity index (χ0v) is 17.9. The highest BCUT2D eigenvalue weighted by Crippen LogP contribution is 2.38. The summed E-state index contributed by atoms with van der Waals surface area (Å²) in [6, 6.07) is 13.4. The van der Waals surface area contributed by atoms with Crippen molar-refractivity contribution in [3.8, 4) is 17.2 Å². The van der Waals surface area contributed by atoms with Crippen LogP contribution >= 0.6 is 11.6 Å². The lowest BCUT2D eigenvalue weighted by Gasteiger charge is -2.12. The summed E-state index contributed by atoms with van der Waals surface area (Å²) in [7, 11) is 4.76. The number of ether oxygens (including phenoxy) is 3. The summed E-state index contributed by atoms with van der Waals surface area (Å²) in [4.78, 5) is 8.84. The fourth-order valence-electron chi connectivity index (χ4n) is 2.91. The van der Waals surface area contributed by atoms with Crippen molar-refractivity contribution in [2.24, 2.45) is 0 Å². The first-order valence-electron chi connectivity index (χ1n) is 9.42. The van der Waals surface area contributed by atoms with Crippen LogP contribution < -0.4 is 19.5 Å². The minimum atomic E-state index is 0.556. The van der Waals surface area contributed by atoms with E-state index in [0.717, 1.165) is 29.4 Å². The Balaban J connectivity index is 1.67. The van der Waals surface area contributed by atoms with Crippen LogP contribution in [0.3, 0.4) is 0 Å². The number of aromatic nitrogens is 2. The van der Waals surface area contributed by atoms with Gasteiger partial charge in [-0.1, -0.05) is 29.8 Å². The number of methoxy groups -OCH3 is 3.